The summed E-state index contributed by atoms with van der Waals surface area (Å²) in [6, 6.07) is 2.36. The molecule has 1 unspecified atom stereocenters. The van der Waals surface area contributed by atoms with Gasteiger partial charge in [0.05, 0.1) is 6.10 Å². The molecule has 182 valence electrons. The van der Waals surface area contributed by atoms with Crippen molar-refractivity contribution >= 4 is 23.2 Å². The molecule has 2 aromatic heterocycles. The molecule has 0 bridgehead atoms. The van der Waals surface area contributed by atoms with Crippen LogP contribution in [-0.4, -0.2) is 51.6 Å². The van der Waals surface area contributed by atoms with E-state index in [1.165, 1.54) is 0 Å². The van der Waals surface area contributed by atoms with Crippen molar-refractivity contribution < 1.29 is 4.74 Å². The largest absolute Gasteiger partial charge is 0.358 e. The number of ether oxygens (including phenoxy) is 1. The number of nitriles is 1. The van der Waals surface area contributed by atoms with Gasteiger partial charge in [-0.1, -0.05) is 26.7 Å². The van der Waals surface area contributed by atoms with Gasteiger partial charge in [0.25, 0.3) is 0 Å². The number of hydrogen-bond donors (Lipinski definition) is 2. The van der Waals surface area contributed by atoms with Crippen LogP contribution in [0.25, 0.3) is 5.65 Å². The Morgan fingerprint density at radius 2 is 2.06 bits per heavy atom. The number of nitrogens with zero attached hydrogens (tertiary/aromatic N) is 4. The van der Waals surface area contributed by atoms with Crippen LogP contribution >= 0.6 is 11.6 Å². The second kappa shape index (κ2) is 11.9. The van der Waals surface area contributed by atoms with Gasteiger partial charge in [0.1, 0.15) is 18.4 Å². The minimum Gasteiger partial charge on any atom is -0.358 e. The normalized spacial score (nSPS) is 19.7. The van der Waals surface area contributed by atoms with Crippen LogP contribution in [0.3, 0.4) is 0 Å². The van der Waals surface area contributed by atoms with Crippen molar-refractivity contribution in [3.05, 3.63) is 27.3 Å². The van der Waals surface area contributed by atoms with Crippen molar-refractivity contribution in [2.24, 2.45) is 0 Å². The van der Waals surface area contributed by atoms with E-state index in [9.17, 15) is 10.1 Å². The Bertz CT molecular complexity index is 1020. The molecule has 2 N–H and O–H groups in total. The minimum absolute atomic E-state index is 0.172. The molecule has 2 heterocycles. The molecule has 0 amide bonds. The van der Waals surface area contributed by atoms with E-state index < -0.39 is 0 Å². The fraction of sp³-hybridized carbons (Fsp3) is 0.708. The van der Waals surface area contributed by atoms with E-state index in [4.69, 9.17) is 16.3 Å². The maximum absolute atomic E-state index is 13.2. The molecule has 0 saturated heterocycles. The highest BCUT2D eigenvalue weighted by Crippen LogP contribution is 2.39. The van der Waals surface area contributed by atoms with Gasteiger partial charge in [-0.05, 0) is 64.1 Å². The molecule has 1 aliphatic carbocycles. The highest BCUT2D eigenvalue weighted by Gasteiger charge is 2.30. The molecule has 2 aromatic rings. The summed E-state index contributed by atoms with van der Waals surface area (Å²) >= 11 is 6.34. The topological polar surface area (TPSA) is 98.4 Å². The van der Waals surface area contributed by atoms with Crippen LogP contribution in [0.4, 0.5) is 5.95 Å². The number of aromatic nitrogens is 3. The van der Waals surface area contributed by atoms with E-state index in [0.29, 0.717) is 23.7 Å². The zero-order valence-corrected chi connectivity index (χ0v) is 21.0. The van der Waals surface area contributed by atoms with Crippen LogP contribution in [0.1, 0.15) is 88.0 Å². The van der Waals surface area contributed by atoms with Crippen molar-refractivity contribution in [3.8, 4) is 6.07 Å². The molecule has 0 aromatic carbocycles. The summed E-state index contributed by atoms with van der Waals surface area (Å²) in [5.41, 5.74) is 2.39. The van der Waals surface area contributed by atoms with Crippen molar-refractivity contribution in [3.63, 3.8) is 0 Å². The fourth-order valence-electron chi connectivity index (χ4n) is 4.74. The van der Waals surface area contributed by atoms with Crippen LogP contribution in [0.15, 0.2) is 4.79 Å². The lowest BCUT2D eigenvalue weighted by Gasteiger charge is -2.26. The second-order valence-electron chi connectivity index (χ2n) is 9.24. The van der Waals surface area contributed by atoms with E-state index in [2.05, 4.69) is 35.2 Å². The lowest BCUT2D eigenvalue weighted by atomic mass is 9.82. The molecule has 8 nitrogen and oxygen atoms in total. The predicted molar refractivity (Wildman–Crippen MR) is 132 cm³/mol. The average molecular weight is 477 g/mol. The average Bonchev–Trinajstić information content (AvgIpc) is 3.09. The van der Waals surface area contributed by atoms with Gasteiger partial charge in [-0.25, -0.2) is 9.20 Å². The smallest absolute Gasteiger partial charge is 0.334 e. The molecule has 9 heteroatoms. The van der Waals surface area contributed by atoms with Crippen LogP contribution in [0, 0.1) is 11.3 Å². The molecule has 3 rings (SSSR count). The summed E-state index contributed by atoms with van der Waals surface area (Å²) in [6.07, 6.45) is 8.02. The Hall–Kier alpha value is -2.08. The third kappa shape index (κ3) is 6.08. The number of H-pyrrole nitrogens is 1. The number of halogens is 1. The molecular formula is C24H37ClN6O2. The van der Waals surface area contributed by atoms with Gasteiger partial charge in [0.2, 0.25) is 5.95 Å². The number of rotatable bonds is 11. The summed E-state index contributed by atoms with van der Waals surface area (Å²) < 4.78 is 7.50. The summed E-state index contributed by atoms with van der Waals surface area (Å²) in [5, 5.41) is 13.4. The lowest BCUT2D eigenvalue weighted by molar-refractivity contribution is 0.0558. The fourth-order valence-corrected chi connectivity index (χ4v) is 4.99. The van der Waals surface area contributed by atoms with Gasteiger partial charge in [0, 0.05) is 17.6 Å². The number of fused-ring (bicyclic) bond motifs is 1. The molecule has 1 saturated carbocycles. The first-order valence-electron chi connectivity index (χ1n) is 12.1. The monoisotopic (exact) mass is 476 g/mol. The first-order chi connectivity index (χ1) is 15.9. The molecular weight excluding hydrogens is 440 g/mol. The first-order valence-corrected chi connectivity index (χ1v) is 12.5. The quantitative estimate of drug-likeness (QED) is 0.364. The standard InChI is InChI=1S/C24H37ClN6O2/c1-5-7-8-18(6-2)33-15-27-23-28-22-19(13-26)21(16-9-11-17(25)12-10-16)20(14-30(3)4)31(22)24(32)29-23/h16-18H,5-12,14-15H2,1-4H3,(H2,27,28,29,32). The Balaban J connectivity index is 1.94. The number of hydrogen-bond acceptors (Lipinski definition) is 6. The van der Waals surface area contributed by atoms with Crippen LogP contribution < -0.4 is 11.0 Å². The van der Waals surface area contributed by atoms with Crippen LogP contribution in [0.2, 0.25) is 0 Å². The van der Waals surface area contributed by atoms with E-state index >= 15 is 0 Å². The maximum atomic E-state index is 13.2. The van der Waals surface area contributed by atoms with Crippen molar-refractivity contribution in [2.45, 2.75) is 89.2 Å². The number of aromatic amines is 1. The van der Waals surface area contributed by atoms with E-state index in [0.717, 1.165) is 62.6 Å². The van der Waals surface area contributed by atoms with Gasteiger partial charge < -0.3 is 15.0 Å². The maximum Gasteiger partial charge on any atom is 0.334 e. The molecule has 1 fully saturated rings. The molecule has 0 spiro atoms. The van der Waals surface area contributed by atoms with E-state index in [1.807, 2.05) is 19.0 Å². The van der Waals surface area contributed by atoms with Gasteiger partial charge in [-0.3, -0.25) is 4.98 Å². The Labute approximate surface area is 201 Å². The summed E-state index contributed by atoms with van der Waals surface area (Å²) in [5.74, 6) is 0.522. The van der Waals surface area contributed by atoms with Gasteiger partial charge in [-0.15, -0.1) is 11.6 Å². The second-order valence-corrected chi connectivity index (χ2v) is 9.86. The third-order valence-electron chi connectivity index (χ3n) is 6.47. The molecule has 0 radical (unpaired) electrons. The highest BCUT2D eigenvalue weighted by molar-refractivity contribution is 6.20. The number of anilines is 1. The van der Waals surface area contributed by atoms with Gasteiger partial charge in [-0.2, -0.15) is 10.2 Å². The first kappa shape index (κ1) is 25.5. The predicted octanol–water partition coefficient (Wildman–Crippen LogP) is 4.58. The number of unbranched alkanes of at least 4 members (excludes halogenated alkanes) is 1. The number of nitrogens with one attached hydrogen (secondary N) is 2. The van der Waals surface area contributed by atoms with Crippen molar-refractivity contribution in [2.75, 3.05) is 26.1 Å². The molecule has 1 aliphatic rings. The summed E-state index contributed by atoms with van der Waals surface area (Å²) in [4.78, 5) is 22.6. The van der Waals surface area contributed by atoms with E-state index in [-0.39, 0.29) is 29.8 Å². The molecule has 1 atom stereocenters. The Morgan fingerprint density at radius 1 is 1.33 bits per heavy atom. The summed E-state index contributed by atoms with van der Waals surface area (Å²) in [7, 11) is 3.92. The zero-order valence-electron chi connectivity index (χ0n) is 20.3. The SMILES string of the molecule is CCCCC(CC)OCNc1nc2c(C#N)c(C3CCC(Cl)CC3)c(CN(C)C)n2c(=O)[nH]1. The van der Waals surface area contributed by atoms with Gasteiger partial charge >= 0.3 is 5.69 Å². The van der Waals surface area contributed by atoms with Gasteiger partial charge in [0.15, 0.2) is 5.65 Å². The molecule has 0 aliphatic heterocycles. The van der Waals surface area contributed by atoms with Crippen LogP contribution in [0.5, 0.6) is 0 Å². The zero-order chi connectivity index (χ0) is 24.0. The summed E-state index contributed by atoms with van der Waals surface area (Å²) in [6.45, 7) is 5.08. The van der Waals surface area contributed by atoms with Crippen molar-refractivity contribution in [1.29, 1.82) is 5.26 Å². The highest BCUT2D eigenvalue weighted by atomic mass is 35.5. The lowest BCUT2D eigenvalue weighted by Crippen LogP contribution is -2.25. The van der Waals surface area contributed by atoms with E-state index in [1.54, 1.807) is 4.40 Å². The third-order valence-corrected chi connectivity index (χ3v) is 6.90. The Morgan fingerprint density at radius 3 is 2.67 bits per heavy atom. The van der Waals surface area contributed by atoms with Crippen molar-refractivity contribution in [1.82, 2.24) is 19.3 Å². The Kier molecular flexibility index (Phi) is 9.19. The molecule has 33 heavy (non-hydrogen) atoms. The minimum atomic E-state index is -0.300. The van der Waals surface area contributed by atoms with Crippen LogP contribution in [-0.2, 0) is 11.3 Å². The number of alkyl halides is 1.